The van der Waals surface area contributed by atoms with E-state index < -0.39 is 114 Å². The van der Waals surface area contributed by atoms with Crippen LogP contribution in [0.25, 0.3) is 0 Å². The normalized spacial score (nSPS) is 18.5. The number of benzene rings is 1. The molecule has 324 valence electrons. The number of hydrogen-bond acceptors (Lipinski definition) is 12. The summed E-state index contributed by atoms with van der Waals surface area (Å²) in [5.74, 6) is -8.28. The Labute approximate surface area is 337 Å². The molecule has 13 N–H and O–H groups in total. The van der Waals surface area contributed by atoms with Crippen molar-refractivity contribution in [3.63, 3.8) is 0 Å². The van der Waals surface area contributed by atoms with E-state index in [-0.39, 0.29) is 31.6 Å². The van der Waals surface area contributed by atoms with E-state index >= 15 is 0 Å². The molecular formula is C38H60N8O12. The number of phenols is 1. The van der Waals surface area contributed by atoms with Gasteiger partial charge in [0.25, 0.3) is 0 Å². The first-order valence-corrected chi connectivity index (χ1v) is 19.4. The molecule has 0 saturated carbocycles. The highest BCUT2D eigenvalue weighted by Gasteiger charge is 2.40. The van der Waals surface area contributed by atoms with Crippen LogP contribution in [-0.4, -0.2) is 134 Å². The summed E-state index contributed by atoms with van der Waals surface area (Å²) in [6, 6.07) is -3.30. The predicted molar refractivity (Wildman–Crippen MR) is 208 cm³/mol. The highest BCUT2D eigenvalue weighted by molar-refractivity contribution is 5.97. The van der Waals surface area contributed by atoms with E-state index in [2.05, 4.69) is 26.6 Å². The average molecular weight is 821 g/mol. The summed E-state index contributed by atoms with van der Waals surface area (Å²) in [5.41, 5.74) is 12.2. The van der Waals surface area contributed by atoms with Crippen molar-refractivity contribution in [2.75, 3.05) is 13.2 Å². The lowest BCUT2D eigenvalue weighted by Gasteiger charge is -2.31. The number of likely N-dealkylation sites (tertiary alicyclic amines) is 1. The van der Waals surface area contributed by atoms with Crippen molar-refractivity contribution in [1.29, 1.82) is 0 Å². The molecule has 7 amide bonds. The SMILES string of the molecule is CC[C@H](C)[C@H](NC(=O)[C@H](CCC(N)=O)NC(=O)[C@@H](NC(=O)[C@H](CO)NC(=O)[C@@H](NC(=O)[C@@H]1CCCN1C(=O)[C@@H](N)Cc1ccc(O)cc1)[C@@H](C)CC)[C@@H](C)O)C(=O)O. The summed E-state index contributed by atoms with van der Waals surface area (Å²) in [7, 11) is 0. The number of primary amides is 1. The van der Waals surface area contributed by atoms with E-state index in [0.29, 0.717) is 31.2 Å². The molecular weight excluding hydrogens is 760 g/mol. The number of nitrogens with two attached hydrogens (primary N) is 2. The summed E-state index contributed by atoms with van der Waals surface area (Å²) in [6.45, 7) is 7.15. The maximum Gasteiger partial charge on any atom is 0.326 e. The lowest BCUT2D eigenvalue weighted by atomic mass is 9.97. The Morgan fingerprint density at radius 3 is 1.86 bits per heavy atom. The van der Waals surface area contributed by atoms with Gasteiger partial charge >= 0.3 is 5.97 Å². The Hall–Kier alpha value is -5.34. The first kappa shape index (κ1) is 48.8. The summed E-state index contributed by atoms with van der Waals surface area (Å²) in [6.07, 6.45) is -0.621. The van der Waals surface area contributed by atoms with Gasteiger partial charge in [-0.05, 0) is 62.1 Å². The number of hydrogen-bond donors (Lipinski definition) is 11. The first-order valence-electron chi connectivity index (χ1n) is 19.4. The second-order valence-electron chi connectivity index (χ2n) is 14.8. The third-order valence-corrected chi connectivity index (χ3v) is 10.3. The van der Waals surface area contributed by atoms with E-state index in [1.165, 1.54) is 17.0 Å². The van der Waals surface area contributed by atoms with E-state index in [0.717, 1.165) is 6.92 Å². The quantitative estimate of drug-likeness (QED) is 0.0544. The van der Waals surface area contributed by atoms with Crippen LogP contribution in [0.3, 0.4) is 0 Å². The van der Waals surface area contributed by atoms with Gasteiger partial charge in [-0.3, -0.25) is 33.6 Å². The fourth-order valence-corrected chi connectivity index (χ4v) is 6.31. The molecule has 1 fully saturated rings. The van der Waals surface area contributed by atoms with Crippen molar-refractivity contribution in [2.45, 2.75) is 128 Å². The van der Waals surface area contributed by atoms with Gasteiger partial charge in [0.15, 0.2) is 0 Å². The summed E-state index contributed by atoms with van der Waals surface area (Å²) >= 11 is 0. The molecule has 2 rings (SSSR count). The van der Waals surface area contributed by atoms with Gasteiger partial charge in [-0.25, -0.2) is 4.79 Å². The zero-order valence-electron chi connectivity index (χ0n) is 33.6. The number of aliphatic carboxylic acids is 1. The zero-order chi connectivity index (χ0) is 43.9. The second kappa shape index (κ2) is 23.2. The highest BCUT2D eigenvalue weighted by atomic mass is 16.4. The maximum atomic E-state index is 13.6. The second-order valence-corrected chi connectivity index (χ2v) is 14.8. The monoisotopic (exact) mass is 820 g/mol. The molecule has 0 aromatic heterocycles. The molecule has 0 radical (unpaired) electrons. The molecule has 1 aromatic rings. The van der Waals surface area contributed by atoms with Crippen LogP contribution in [0.5, 0.6) is 5.75 Å². The minimum Gasteiger partial charge on any atom is -0.508 e. The van der Waals surface area contributed by atoms with Crippen LogP contribution in [0.4, 0.5) is 0 Å². The number of aliphatic hydroxyl groups is 2. The fraction of sp³-hybridized carbons (Fsp3) is 0.632. The number of carbonyl (C=O) groups excluding carboxylic acids is 7. The van der Waals surface area contributed by atoms with Gasteiger partial charge in [0.1, 0.15) is 42.0 Å². The van der Waals surface area contributed by atoms with E-state index in [4.69, 9.17) is 11.5 Å². The van der Waals surface area contributed by atoms with Crippen LogP contribution in [-0.2, 0) is 44.8 Å². The number of aromatic hydroxyl groups is 1. The number of phenolic OH excluding ortho intramolecular Hbond substituents is 1. The van der Waals surface area contributed by atoms with Crippen molar-refractivity contribution < 1.29 is 58.8 Å². The number of rotatable bonds is 23. The van der Waals surface area contributed by atoms with E-state index in [9.17, 15) is 58.8 Å². The van der Waals surface area contributed by atoms with Crippen LogP contribution in [0.15, 0.2) is 24.3 Å². The molecule has 20 nitrogen and oxygen atoms in total. The van der Waals surface area contributed by atoms with Gasteiger partial charge < -0.3 is 63.4 Å². The lowest BCUT2D eigenvalue weighted by Crippen LogP contribution is -2.62. The Kier molecular flexibility index (Phi) is 19.5. The standard InChI is InChI=1S/C38H60N8O12/c1-6-19(3)29(43-34(53)27-9-8-16-46(27)37(56)24(39)17-22-10-12-23(49)13-11-22)35(54)42-26(18-47)33(52)45-31(21(5)48)36(55)41-25(14-15-28(40)50)32(51)44-30(38(57)58)20(4)7-2/h10-13,19-21,24-27,29-31,47-49H,6-9,14-18,39H2,1-5H3,(H2,40,50)(H,41,55)(H,42,54)(H,43,53)(H,44,51)(H,45,52)(H,57,58)/t19-,20-,21+,24-,25-,26-,27-,29-,30-,31-/m0/s1. The molecule has 0 unspecified atom stereocenters. The molecule has 0 spiro atoms. The van der Waals surface area contributed by atoms with Crippen molar-refractivity contribution >= 4 is 47.3 Å². The maximum absolute atomic E-state index is 13.6. The van der Waals surface area contributed by atoms with Crippen LogP contribution in [0.2, 0.25) is 0 Å². The number of nitrogens with zero attached hydrogens (tertiary/aromatic N) is 1. The zero-order valence-corrected chi connectivity index (χ0v) is 33.6. The van der Waals surface area contributed by atoms with Crippen molar-refractivity contribution in [3.8, 4) is 5.75 Å². The van der Waals surface area contributed by atoms with Gasteiger partial charge in [0.05, 0.1) is 18.8 Å². The molecule has 20 heteroatoms. The summed E-state index contributed by atoms with van der Waals surface area (Å²) in [4.78, 5) is 105. The topological polar surface area (TPSA) is 333 Å². The molecule has 10 atom stereocenters. The fourth-order valence-electron chi connectivity index (χ4n) is 6.31. The van der Waals surface area contributed by atoms with E-state index in [1.54, 1.807) is 39.8 Å². The van der Waals surface area contributed by atoms with Crippen LogP contribution in [0.1, 0.15) is 78.7 Å². The summed E-state index contributed by atoms with van der Waals surface area (Å²) < 4.78 is 0. The van der Waals surface area contributed by atoms with Crippen molar-refractivity contribution in [3.05, 3.63) is 29.8 Å². The van der Waals surface area contributed by atoms with Crippen molar-refractivity contribution in [1.82, 2.24) is 31.5 Å². The van der Waals surface area contributed by atoms with Gasteiger partial charge in [-0.15, -0.1) is 0 Å². The number of carboxylic acid groups (broad SMARTS) is 1. The third-order valence-electron chi connectivity index (χ3n) is 10.3. The Balaban J connectivity index is 2.18. The molecule has 1 heterocycles. The molecule has 58 heavy (non-hydrogen) atoms. The first-order chi connectivity index (χ1) is 27.2. The van der Waals surface area contributed by atoms with Gasteiger partial charge in [0.2, 0.25) is 41.4 Å². The average Bonchev–Trinajstić information content (AvgIpc) is 3.68. The Morgan fingerprint density at radius 2 is 1.33 bits per heavy atom. The number of amides is 7. The van der Waals surface area contributed by atoms with Crippen LogP contribution < -0.4 is 38.1 Å². The molecule has 0 bridgehead atoms. The molecule has 1 aliphatic rings. The Bertz CT molecular complexity index is 1610. The largest absolute Gasteiger partial charge is 0.508 e. The van der Waals surface area contributed by atoms with Gasteiger partial charge in [0, 0.05) is 13.0 Å². The van der Waals surface area contributed by atoms with Crippen LogP contribution in [0, 0.1) is 11.8 Å². The minimum absolute atomic E-state index is 0.0557. The van der Waals surface area contributed by atoms with E-state index in [1.807, 2.05) is 0 Å². The minimum atomic E-state index is -1.77. The molecule has 1 aliphatic heterocycles. The third kappa shape index (κ3) is 14.2. The molecule has 0 aliphatic carbocycles. The van der Waals surface area contributed by atoms with Crippen LogP contribution >= 0.6 is 0 Å². The predicted octanol–water partition coefficient (Wildman–Crippen LogP) is -2.51. The number of carbonyl (C=O) groups is 8. The van der Waals surface area contributed by atoms with Gasteiger partial charge in [-0.1, -0.05) is 52.7 Å². The number of carboxylic acids is 1. The van der Waals surface area contributed by atoms with Crippen molar-refractivity contribution in [2.24, 2.45) is 23.3 Å². The lowest BCUT2D eigenvalue weighted by molar-refractivity contribution is -0.144. The summed E-state index contributed by atoms with van der Waals surface area (Å²) in [5, 5.41) is 51.7. The smallest absolute Gasteiger partial charge is 0.326 e. The number of aliphatic hydroxyl groups excluding tert-OH is 2. The Morgan fingerprint density at radius 1 is 0.793 bits per heavy atom. The molecule has 1 saturated heterocycles. The number of nitrogens with one attached hydrogen (secondary N) is 5. The molecule has 1 aromatic carbocycles. The highest BCUT2D eigenvalue weighted by Crippen LogP contribution is 2.21. The van der Waals surface area contributed by atoms with Gasteiger partial charge in [-0.2, -0.15) is 0 Å².